The van der Waals surface area contributed by atoms with Gasteiger partial charge in [-0.05, 0) is 89.3 Å². The fourth-order valence-corrected chi connectivity index (χ4v) is 4.64. The van der Waals surface area contributed by atoms with Crippen LogP contribution in [0.3, 0.4) is 0 Å². The van der Waals surface area contributed by atoms with Gasteiger partial charge in [0.2, 0.25) is 0 Å². The summed E-state index contributed by atoms with van der Waals surface area (Å²) in [5.74, 6) is 1.65. The number of hydrogen-bond donors (Lipinski definition) is 0. The number of para-hydroxylation sites is 2. The quantitative estimate of drug-likeness (QED) is 0.369. The Morgan fingerprint density at radius 2 is 1.88 bits per heavy atom. The van der Waals surface area contributed by atoms with Crippen molar-refractivity contribution in [3.05, 3.63) is 59.4 Å². The van der Waals surface area contributed by atoms with Crippen molar-refractivity contribution in [2.24, 2.45) is 0 Å². The van der Waals surface area contributed by atoms with Crippen LogP contribution in [0.2, 0.25) is 5.02 Å². The average molecular weight is 484 g/mol. The Labute approximate surface area is 206 Å². The van der Waals surface area contributed by atoms with Gasteiger partial charge in [-0.3, -0.25) is 0 Å². The zero-order chi connectivity index (χ0) is 24.1. The third kappa shape index (κ3) is 6.23. The zero-order valence-electron chi connectivity index (χ0n) is 20.3. The fraction of sp³-hybridized carbons (Fsp3) is 0.481. The van der Waals surface area contributed by atoms with Gasteiger partial charge in [0.25, 0.3) is 0 Å². The first-order chi connectivity index (χ1) is 16.3. The molecular formula is C27H34ClN3O3. The smallest absolute Gasteiger partial charge is 0.410 e. The number of halogens is 1. The molecule has 0 bridgehead atoms. The maximum Gasteiger partial charge on any atom is 0.410 e. The molecule has 182 valence electrons. The number of carbonyl (C=O) groups excluding carboxylic acids is 1. The molecule has 0 spiro atoms. The number of aryl methyl sites for hydroxylation is 1. The van der Waals surface area contributed by atoms with E-state index in [0.29, 0.717) is 11.6 Å². The van der Waals surface area contributed by atoms with Gasteiger partial charge >= 0.3 is 6.09 Å². The first-order valence-corrected chi connectivity index (χ1v) is 12.5. The molecule has 1 aromatic heterocycles. The van der Waals surface area contributed by atoms with Gasteiger partial charge in [-0.1, -0.05) is 23.7 Å². The van der Waals surface area contributed by atoms with E-state index in [1.54, 1.807) is 0 Å². The lowest BCUT2D eigenvalue weighted by Gasteiger charge is -2.37. The molecule has 1 aliphatic rings. The highest BCUT2D eigenvalue weighted by Crippen LogP contribution is 2.25. The number of amides is 1. The van der Waals surface area contributed by atoms with Crippen LogP contribution in [0.25, 0.3) is 11.0 Å². The van der Waals surface area contributed by atoms with Crippen LogP contribution in [0, 0.1) is 0 Å². The Morgan fingerprint density at radius 3 is 2.65 bits per heavy atom. The zero-order valence-corrected chi connectivity index (χ0v) is 21.1. The summed E-state index contributed by atoms with van der Waals surface area (Å²) in [7, 11) is 0. The average Bonchev–Trinajstić information content (AvgIpc) is 3.15. The largest absolute Gasteiger partial charge is 0.486 e. The summed E-state index contributed by atoms with van der Waals surface area (Å²) in [6, 6.07) is 15.8. The summed E-state index contributed by atoms with van der Waals surface area (Å²) in [6.07, 6.45) is 4.90. The second kappa shape index (κ2) is 10.7. The van der Waals surface area contributed by atoms with E-state index in [2.05, 4.69) is 10.6 Å². The predicted octanol–water partition coefficient (Wildman–Crippen LogP) is 6.84. The van der Waals surface area contributed by atoms with Gasteiger partial charge in [0.1, 0.15) is 23.8 Å². The normalized spacial score (nSPS) is 16.6. The molecule has 0 N–H and O–H groups in total. The minimum atomic E-state index is -0.478. The molecule has 1 atom stereocenters. The maximum atomic E-state index is 12.7. The van der Waals surface area contributed by atoms with Gasteiger partial charge in [0.05, 0.1) is 11.0 Å². The minimum Gasteiger partial charge on any atom is -0.486 e. The van der Waals surface area contributed by atoms with Crippen molar-refractivity contribution >= 4 is 28.7 Å². The maximum absolute atomic E-state index is 12.7. The summed E-state index contributed by atoms with van der Waals surface area (Å²) in [4.78, 5) is 19.5. The number of benzene rings is 2. The Hall–Kier alpha value is -2.73. The molecule has 1 amide bonds. The standard InChI is InChI=1S/C27H34ClN3O3/c1-27(2,3)34-26(32)30-17-7-6-9-21(30)10-8-18-31-24-12-5-4-11-23(24)29-25(31)19-33-22-15-13-20(28)14-16-22/h4-5,11-16,21H,6-10,17-19H2,1-3H3. The summed E-state index contributed by atoms with van der Waals surface area (Å²) < 4.78 is 13.9. The summed E-state index contributed by atoms with van der Waals surface area (Å²) in [5, 5.41) is 0.683. The second-order valence-electron chi connectivity index (χ2n) is 9.88. The van der Waals surface area contributed by atoms with E-state index in [1.165, 1.54) is 0 Å². The van der Waals surface area contributed by atoms with E-state index in [1.807, 2.05) is 68.1 Å². The van der Waals surface area contributed by atoms with Crippen molar-refractivity contribution in [2.45, 2.75) is 77.7 Å². The molecule has 4 rings (SSSR count). The molecule has 2 heterocycles. The van der Waals surface area contributed by atoms with E-state index in [9.17, 15) is 4.79 Å². The molecule has 0 aliphatic carbocycles. The molecule has 2 aromatic carbocycles. The molecule has 7 heteroatoms. The third-order valence-electron chi connectivity index (χ3n) is 6.09. The fourth-order valence-electron chi connectivity index (χ4n) is 4.51. The number of hydrogen-bond acceptors (Lipinski definition) is 4. The molecule has 1 aliphatic heterocycles. The molecule has 1 unspecified atom stereocenters. The van der Waals surface area contributed by atoms with Crippen molar-refractivity contribution in [2.75, 3.05) is 6.54 Å². The van der Waals surface area contributed by atoms with E-state index in [4.69, 9.17) is 26.1 Å². The van der Waals surface area contributed by atoms with Crippen molar-refractivity contribution in [1.29, 1.82) is 0 Å². The van der Waals surface area contributed by atoms with Crippen molar-refractivity contribution < 1.29 is 14.3 Å². The van der Waals surface area contributed by atoms with Gasteiger partial charge in [0.15, 0.2) is 0 Å². The third-order valence-corrected chi connectivity index (χ3v) is 6.34. The number of aromatic nitrogens is 2. The lowest BCUT2D eigenvalue weighted by atomic mass is 9.98. The van der Waals surface area contributed by atoms with Crippen LogP contribution in [0.5, 0.6) is 5.75 Å². The number of rotatable bonds is 7. The Morgan fingerprint density at radius 1 is 1.12 bits per heavy atom. The number of piperidine rings is 1. The van der Waals surface area contributed by atoms with Crippen LogP contribution in [0.4, 0.5) is 4.79 Å². The molecule has 3 aromatic rings. The van der Waals surface area contributed by atoms with Gasteiger partial charge in [-0.25, -0.2) is 9.78 Å². The molecule has 0 radical (unpaired) electrons. The molecule has 1 saturated heterocycles. The topological polar surface area (TPSA) is 56.6 Å². The molecule has 6 nitrogen and oxygen atoms in total. The van der Waals surface area contributed by atoms with Crippen LogP contribution in [0.1, 0.15) is 58.7 Å². The van der Waals surface area contributed by atoms with Crippen LogP contribution < -0.4 is 4.74 Å². The predicted molar refractivity (Wildman–Crippen MR) is 135 cm³/mol. The van der Waals surface area contributed by atoms with E-state index in [-0.39, 0.29) is 12.1 Å². The molecule has 34 heavy (non-hydrogen) atoms. The Kier molecular flexibility index (Phi) is 7.67. The lowest BCUT2D eigenvalue weighted by molar-refractivity contribution is 0.00852. The molecular weight excluding hydrogens is 450 g/mol. The van der Waals surface area contributed by atoms with Crippen molar-refractivity contribution in [3.63, 3.8) is 0 Å². The van der Waals surface area contributed by atoms with Crippen LogP contribution in [-0.2, 0) is 17.9 Å². The SMILES string of the molecule is CC(C)(C)OC(=O)N1CCCCC1CCCn1c(COc2ccc(Cl)cc2)nc2ccccc21. The molecule has 1 fully saturated rings. The highest BCUT2D eigenvalue weighted by Gasteiger charge is 2.30. The number of carbonyl (C=O) groups is 1. The second-order valence-corrected chi connectivity index (χ2v) is 10.3. The summed E-state index contributed by atoms with van der Waals surface area (Å²) in [5.41, 5.74) is 1.59. The Bertz CT molecular complexity index is 1100. The monoisotopic (exact) mass is 483 g/mol. The number of ether oxygens (including phenoxy) is 2. The van der Waals surface area contributed by atoms with E-state index >= 15 is 0 Å². The van der Waals surface area contributed by atoms with Gasteiger partial charge in [0, 0.05) is 24.2 Å². The lowest BCUT2D eigenvalue weighted by Crippen LogP contribution is -2.46. The van der Waals surface area contributed by atoms with E-state index < -0.39 is 5.60 Å². The Balaban J connectivity index is 1.43. The summed E-state index contributed by atoms with van der Waals surface area (Å²) in [6.45, 7) is 7.72. The van der Waals surface area contributed by atoms with Crippen molar-refractivity contribution in [1.82, 2.24) is 14.5 Å². The van der Waals surface area contributed by atoms with Gasteiger partial charge in [-0.2, -0.15) is 0 Å². The van der Waals surface area contributed by atoms with Crippen LogP contribution in [0.15, 0.2) is 48.5 Å². The van der Waals surface area contributed by atoms with E-state index in [0.717, 1.165) is 67.8 Å². The molecule has 0 saturated carbocycles. The number of nitrogens with zero attached hydrogens (tertiary/aromatic N) is 3. The van der Waals surface area contributed by atoms with Crippen LogP contribution >= 0.6 is 11.6 Å². The first kappa shape index (κ1) is 24.4. The minimum absolute atomic E-state index is 0.192. The summed E-state index contributed by atoms with van der Waals surface area (Å²) >= 11 is 5.99. The number of likely N-dealkylation sites (tertiary alicyclic amines) is 1. The number of imidazole rings is 1. The highest BCUT2D eigenvalue weighted by atomic mass is 35.5. The highest BCUT2D eigenvalue weighted by molar-refractivity contribution is 6.30. The first-order valence-electron chi connectivity index (χ1n) is 12.1. The van der Waals surface area contributed by atoms with Gasteiger partial charge in [-0.15, -0.1) is 0 Å². The van der Waals surface area contributed by atoms with Gasteiger partial charge < -0.3 is 18.9 Å². The van der Waals surface area contributed by atoms with Crippen molar-refractivity contribution in [3.8, 4) is 5.75 Å². The number of fused-ring (bicyclic) bond motifs is 1. The van der Waals surface area contributed by atoms with Crippen LogP contribution in [-0.4, -0.2) is 38.7 Å².